The van der Waals surface area contributed by atoms with Gasteiger partial charge in [-0.05, 0) is 75.5 Å². The van der Waals surface area contributed by atoms with Crippen LogP contribution in [0.2, 0.25) is 0 Å². The molecule has 228 valence electrons. The lowest BCUT2D eigenvalue weighted by Gasteiger charge is -2.26. The molecule has 0 bridgehead atoms. The molecule has 0 aromatic heterocycles. The van der Waals surface area contributed by atoms with Gasteiger partial charge in [-0.3, -0.25) is 0 Å². The summed E-state index contributed by atoms with van der Waals surface area (Å²) in [6, 6.07) is 64.5. The molecule has 0 amide bonds. The van der Waals surface area contributed by atoms with Crippen molar-refractivity contribution in [1.82, 2.24) is 0 Å². The smallest absolute Gasteiger partial charge is 0.196 e. The fourth-order valence-corrected chi connectivity index (χ4v) is 6.92. The van der Waals surface area contributed by atoms with Crippen LogP contribution in [-0.2, 0) is 0 Å². The number of fused-ring (bicyclic) bond motifs is 6. The van der Waals surface area contributed by atoms with Gasteiger partial charge in [0.2, 0.25) is 0 Å². The van der Waals surface area contributed by atoms with Gasteiger partial charge < -0.3 is 15.0 Å². The number of hydrogen-bond acceptors (Lipinski definition) is 3. The highest BCUT2D eigenvalue weighted by molar-refractivity contribution is 6.18. The van der Waals surface area contributed by atoms with Crippen LogP contribution in [0, 0.1) is 0 Å². The maximum Gasteiger partial charge on any atom is 0.196 e. The quantitative estimate of drug-likeness (QED) is 0.188. The van der Waals surface area contributed by atoms with Gasteiger partial charge in [0, 0.05) is 33.4 Å². The minimum absolute atomic E-state index is 0.233. The van der Waals surface area contributed by atoms with E-state index < -0.39 is 0 Å². The molecule has 1 N–H and O–H groups in total. The molecule has 0 aliphatic carbocycles. The van der Waals surface area contributed by atoms with Crippen LogP contribution >= 0.6 is 0 Å². The third kappa shape index (κ3) is 4.94. The molecule has 1 unspecified atom stereocenters. The van der Waals surface area contributed by atoms with E-state index in [1.165, 1.54) is 21.9 Å². The fourth-order valence-electron chi connectivity index (χ4n) is 6.92. The van der Waals surface area contributed by atoms with E-state index in [2.05, 4.69) is 186 Å². The summed E-state index contributed by atoms with van der Waals surface area (Å²) in [5, 5.41) is 8.40. The Morgan fingerprint density at radius 1 is 0.396 bits per heavy atom. The number of anilines is 4. The molecule has 0 fully saturated rings. The molecule has 0 saturated heterocycles. The van der Waals surface area contributed by atoms with Gasteiger partial charge in [0.15, 0.2) is 12.0 Å². The van der Waals surface area contributed by atoms with Crippen LogP contribution in [0.3, 0.4) is 0 Å². The van der Waals surface area contributed by atoms with Gasteiger partial charge in [0.1, 0.15) is 0 Å². The first-order valence-electron chi connectivity index (χ1n) is 16.4. The Morgan fingerprint density at radius 3 is 1.54 bits per heavy atom. The third-order valence-corrected chi connectivity index (χ3v) is 9.30. The van der Waals surface area contributed by atoms with Crippen molar-refractivity contribution in [1.29, 1.82) is 0 Å². The predicted octanol–water partition coefficient (Wildman–Crippen LogP) is 12.3. The number of nitrogens with one attached hydrogen (secondary N) is 1. The average Bonchev–Trinajstić information content (AvgIpc) is 3.63. The maximum atomic E-state index is 6.60. The number of benzene rings is 8. The van der Waals surface area contributed by atoms with E-state index in [1.54, 1.807) is 0 Å². The van der Waals surface area contributed by atoms with E-state index in [0.717, 1.165) is 56.0 Å². The minimum Gasteiger partial charge on any atom is -0.464 e. The van der Waals surface area contributed by atoms with Crippen molar-refractivity contribution in [2.45, 2.75) is 6.23 Å². The third-order valence-electron chi connectivity index (χ3n) is 9.30. The van der Waals surface area contributed by atoms with Crippen molar-refractivity contribution in [3.63, 3.8) is 0 Å². The first-order valence-corrected chi connectivity index (χ1v) is 16.4. The highest BCUT2D eigenvalue weighted by Gasteiger charge is 2.28. The van der Waals surface area contributed by atoms with Crippen LogP contribution in [0.4, 0.5) is 22.7 Å². The van der Waals surface area contributed by atoms with Crippen molar-refractivity contribution >= 4 is 44.3 Å². The SMILES string of the molecule is c1ccc(-c2ccc(N(c3ccccc3)c3ccc(-c4ccc5c(c4)c4c(c6ccccc65)OC(c5ccccc5)N4)cc3)cc2)cc1. The Labute approximate surface area is 280 Å². The van der Waals surface area contributed by atoms with Gasteiger partial charge in [0.05, 0.1) is 5.69 Å². The molecule has 0 spiro atoms. The molecule has 1 aliphatic rings. The Hall–Kier alpha value is -6.32. The molecular formula is C45H32N2O. The van der Waals surface area contributed by atoms with E-state index in [-0.39, 0.29) is 6.23 Å². The summed E-state index contributed by atoms with van der Waals surface area (Å²) in [6.07, 6.45) is -0.233. The molecule has 0 saturated carbocycles. The van der Waals surface area contributed by atoms with Crippen molar-refractivity contribution in [3.05, 3.63) is 188 Å². The Balaban J connectivity index is 1.10. The van der Waals surface area contributed by atoms with E-state index in [1.807, 2.05) is 6.07 Å². The second-order valence-corrected chi connectivity index (χ2v) is 12.2. The van der Waals surface area contributed by atoms with E-state index >= 15 is 0 Å². The average molecular weight is 617 g/mol. The Morgan fingerprint density at radius 2 is 0.875 bits per heavy atom. The standard InChI is InChI=1S/C45H32N2O/c1-4-12-31(13-5-1)32-20-25-37(26-21-32)47(36-16-8-3-9-17-36)38-27-22-33(23-28-38)35-24-29-40-39-18-10-11-19-41(39)44-43(42(40)30-35)46-45(48-44)34-14-6-2-7-15-34/h1-30,45-46H. The summed E-state index contributed by atoms with van der Waals surface area (Å²) in [6.45, 7) is 0. The highest BCUT2D eigenvalue weighted by Crippen LogP contribution is 2.49. The van der Waals surface area contributed by atoms with E-state index in [4.69, 9.17) is 4.74 Å². The normalized spacial score (nSPS) is 13.5. The van der Waals surface area contributed by atoms with Crippen molar-refractivity contribution < 1.29 is 4.74 Å². The largest absolute Gasteiger partial charge is 0.464 e. The Kier molecular flexibility index (Phi) is 6.87. The molecule has 9 rings (SSSR count). The number of ether oxygens (including phenoxy) is 1. The topological polar surface area (TPSA) is 24.5 Å². The van der Waals surface area contributed by atoms with Gasteiger partial charge >= 0.3 is 0 Å². The number of hydrogen-bond donors (Lipinski definition) is 1. The summed E-state index contributed by atoms with van der Waals surface area (Å²) < 4.78 is 6.60. The van der Waals surface area contributed by atoms with Crippen LogP contribution in [0.1, 0.15) is 11.8 Å². The van der Waals surface area contributed by atoms with Gasteiger partial charge in [-0.1, -0.05) is 140 Å². The summed E-state index contributed by atoms with van der Waals surface area (Å²) >= 11 is 0. The number of rotatable bonds is 6. The molecular weight excluding hydrogens is 585 g/mol. The molecule has 48 heavy (non-hydrogen) atoms. The summed E-state index contributed by atoms with van der Waals surface area (Å²) in [7, 11) is 0. The molecule has 3 heteroatoms. The van der Waals surface area contributed by atoms with Gasteiger partial charge in [-0.2, -0.15) is 0 Å². The zero-order valence-corrected chi connectivity index (χ0v) is 26.3. The zero-order chi connectivity index (χ0) is 31.9. The Bertz CT molecular complexity index is 2370. The predicted molar refractivity (Wildman–Crippen MR) is 200 cm³/mol. The van der Waals surface area contributed by atoms with Crippen LogP contribution in [0.5, 0.6) is 5.75 Å². The number of nitrogens with zero attached hydrogens (tertiary/aromatic N) is 1. The molecule has 8 aromatic rings. The second-order valence-electron chi connectivity index (χ2n) is 12.2. The summed E-state index contributed by atoms with van der Waals surface area (Å²) in [5.41, 5.74) is 10.2. The van der Waals surface area contributed by atoms with E-state index in [9.17, 15) is 0 Å². The maximum absolute atomic E-state index is 6.60. The zero-order valence-electron chi connectivity index (χ0n) is 26.3. The monoisotopic (exact) mass is 616 g/mol. The summed E-state index contributed by atoms with van der Waals surface area (Å²) in [5.74, 6) is 0.913. The van der Waals surface area contributed by atoms with Gasteiger partial charge in [-0.25, -0.2) is 0 Å². The number of para-hydroxylation sites is 1. The van der Waals surface area contributed by atoms with Gasteiger partial charge in [0.25, 0.3) is 0 Å². The summed E-state index contributed by atoms with van der Waals surface area (Å²) in [4.78, 5) is 2.31. The fraction of sp³-hybridized carbons (Fsp3) is 0.0222. The lowest BCUT2D eigenvalue weighted by atomic mass is 9.95. The second kappa shape index (κ2) is 11.8. The van der Waals surface area contributed by atoms with Crippen LogP contribution in [0.15, 0.2) is 182 Å². The first-order chi connectivity index (χ1) is 23.8. The molecule has 1 atom stereocenters. The van der Waals surface area contributed by atoms with Gasteiger partial charge in [-0.15, -0.1) is 0 Å². The molecule has 3 nitrogen and oxygen atoms in total. The van der Waals surface area contributed by atoms with Crippen LogP contribution in [0.25, 0.3) is 43.8 Å². The van der Waals surface area contributed by atoms with Crippen LogP contribution < -0.4 is 15.0 Å². The highest BCUT2D eigenvalue weighted by atomic mass is 16.5. The first kappa shape index (κ1) is 27.9. The minimum atomic E-state index is -0.233. The van der Waals surface area contributed by atoms with E-state index in [0.29, 0.717) is 0 Å². The van der Waals surface area contributed by atoms with Crippen molar-refractivity contribution in [2.75, 3.05) is 10.2 Å². The lowest BCUT2D eigenvalue weighted by Crippen LogP contribution is -2.09. The van der Waals surface area contributed by atoms with Crippen molar-refractivity contribution in [3.8, 4) is 28.0 Å². The molecule has 1 aliphatic heterocycles. The molecule has 0 radical (unpaired) electrons. The molecule has 1 heterocycles. The van der Waals surface area contributed by atoms with Crippen molar-refractivity contribution in [2.24, 2.45) is 0 Å². The lowest BCUT2D eigenvalue weighted by molar-refractivity contribution is 0.262. The molecule has 8 aromatic carbocycles. The van der Waals surface area contributed by atoms with Crippen LogP contribution in [-0.4, -0.2) is 0 Å².